The lowest BCUT2D eigenvalue weighted by molar-refractivity contribution is -0.137. The van der Waals surface area contributed by atoms with E-state index in [4.69, 9.17) is 21.1 Å². The van der Waals surface area contributed by atoms with E-state index in [2.05, 4.69) is 18.7 Å². The van der Waals surface area contributed by atoms with Crippen LogP contribution in [0, 0.1) is 5.41 Å². The first kappa shape index (κ1) is 26.1. The molecular formula is C26H32ClNO5S. The molecule has 0 fully saturated rings. The first-order valence-corrected chi connectivity index (χ1v) is 13.7. The molecule has 3 rings (SSSR count). The fraction of sp³-hybridized carbons (Fsp3) is 0.423. The Hall–Kier alpha value is -2.51. The molecule has 0 saturated carbocycles. The molecule has 34 heavy (non-hydrogen) atoms. The van der Waals surface area contributed by atoms with E-state index in [0.717, 1.165) is 43.7 Å². The number of anilines is 2. The van der Waals surface area contributed by atoms with E-state index in [9.17, 15) is 13.2 Å². The molecule has 0 aliphatic carbocycles. The topological polar surface area (TPSA) is 72.9 Å². The van der Waals surface area contributed by atoms with Crippen LogP contribution in [0.2, 0.25) is 5.02 Å². The summed E-state index contributed by atoms with van der Waals surface area (Å²) in [5, 5.41) is 0.251. The van der Waals surface area contributed by atoms with Gasteiger partial charge in [0.25, 0.3) is 0 Å². The standard InChI is InChI=1S/C26H32ClNO5S/c1-4-7-14-26(5-2)18-28(20-11-9-8-10-12-20)22-16-21(27)23(17-24(22)34(30,31)19-26)33-15-13-25(29)32-6-3/h8-13,15-17H,4-7,14,18-19H2,1-3H3/b15-13+. The van der Waals surface area contributed by atoms with Gasteiger partial charge >= 0.3 is 5.97 Å². The Kier molecular flexibility index (Phi) is 8.66. The number of hydrogen-bond acceptors (Lipinski definition) is 6. The molecule has 0 bridgehead atoms. The Bertz CT molecular complexity index is 1130. The Balaban J connectivity index is 2.12. The van der Waals surface area contributed by atoms with E-state index in [1.807, 2.05) is 30.3 Å². The molecule has 1 aliphatic heterocycles. The molecule has 1 heterocycles. The van der Waals surface area contributed by atoms with Crippen LogP contribution >= 0.6 is 11.6 Å². The summed E-state index contributed by atoms with van der Waals surface area (Å²) in [6.07, 6.45) is 5.79. The number of hydrogen-bond donors (Lipinski definition) is 0. The van der Waals surface area contributed by atoms with Crippen LogP contribution in [0.25, 0.3) is 0 Å². The number of nitrogens with zero attached hydrogens (tertiary/aromatic N) is 1. The van der Waals surface area contributed by atoms with Crippen molar-refractivity contribution in [3.63, 3.8) is 0 Å². The van der Waals surface area contributed by atoms with Crippen LogP contribution < -0.4 is 9.64 Å². The smallest absolute Gasteiger partial charge is 0.333 e. The van der Waals surface area contributed by atoms with Crippen molar-refractivity contribution < 1.29 is 22.7 Å². The van der Waals surface area contributed by atoms with Gasteiger partial charge in [0.1, 0.15) is 5.75 Å². The lowest BCUT2D eigenvalue weighted by atomic mass is 9.81. The second-order valence-corrected chi connectivity index (χ2v) is 10.9. The molecule has 1 aliphatic rings. The summed E-state index contributed by atoms with van der Waals surface area (Å²) in [4.78, 5) is 13.8. The number of fused-ring (bicyclic) bond motifs is 1. The van der Waals surface area contributed by atoms with Crippen molar-refractivity contribution >= 4 is 38.8 Å². The third-order valence-electron chi connectivity index (χ3n) is 6.19. The van der Waals surface area contributed by atoms with Gasteiger partial charge in [0.15, 0.2) is 9.84 Å². The monoisotopic (exact) mass is 505 g/mol. The van der Waals surface area contributed by atoms with Crippen molar-refractivity contribution in [1.82, 2.24) is 0 Å². The number of benzene rings is 2. The molecule has 184 valence electrons. The fourth-order valence-electron chi connectivity index (χ4n) is 4.31. The molecule has 0 aromatic heterocycles. The molecule has 0 radical (unpaired) electrons. The summed E-state index contributed by atoms with van der Waals surface area (Å²) in [5.74, 6) is -0.345. The highest BCUT2D eigenvalue weighted by molar-refractivity contribution is 7.91. The summed E-state index contributed by atoms with van der Waals surface area (Å²) in [5.41, 5.74) is 1.04. The quantitative estimate of drug-likeness (QED) is 0.226. The average molecular weight is 506 g/mol. The van der Waals surface area contributed by atoms with Gasteiger partial charge in [0.2, 0.25) is 0 Å². The third kappa shape index (κ3) is 5.94. The maximum atomic E-state index is 13.7. The number of para-hydroxylation sites is 1. The Labute approximate surface area is 207 Å². The lowest BCUT2D eigenvalue weighted by Crippen LogP contribution is -2.37. The van der Waals surface area contributed by atoms with Crippen molar-refractivity contribution in [3.8, 4) is 5.75 Å². The zero-order valence-electron chi connectivity index (χ0n) is 19.9. The second-order valence-electron chi connectivity index (χ2n) is 8.56. The third-order valence-corrected chi connectivity index (χ3v) is 8.48. The lowest BCUT2D eigenvalue weighted by Gasteiger charge is -2.36. The fourth-order valence-corrected chi connectivity index (χ4v) is 6.69. The van der Waals surface area contributed by atoms with E-state index < -0.39 is 21.2 Å². The van der Waals surface area contributed by atoms with E-state index in [-0.39, 0.29) is 28.0 Å². The number of ether oxygens (including phenoxy) is 2. The van der Waals surface area contributed by atoms with Gasteiger partial charge in [-0.15, -0.1) is 0 Å². The number of rotatable bonds is 9. The molecule has 1 unspecified atom stereocenters. The van der Waals surface area contributed by atoms with Gasteiger partial charge in [-0.05, 0) is 38.0 Å². The first-order chi connectivity index (χ1) is 16.2. The number of esters is 1. The summed E-state index contributed by atoms with van der Waals surface area (Å²) >= 11 is 6.53. The summed E-state index contributed by atoms with van der Waals surface area (Å²) < 4.78 is 37.8. The van der Waals surface area contributed by atoms with Gasteiger partial charge in [-0.3, -0.25) is 0 Å². The van der Waals surface area contributed by atoms with Crippen LogP contribution in [0.5, 0.6) is 5.75 Å². The van der Waals surface area contributed by atoms with Gasteiger partial charge in [0.05, 0.1) is 40.3 Å². The minimum atomic E-state index is -3.65. The summed E-state index contributed by atoms with van der Waals surface area (Å²) in [6.45, 7) is 6.69. The molecule has 1 atom stereocenters. The van der Waals surface area contributed by atoms with Crippen LogP contribution in [0.15, 0.2) is 59.7 Å². The van der Waals surface area contributed by atoms with Gasteiger partial charge in [-0.2, -0.15) is 0 Å². The number of carbonyl (C=O) groups is 1. The molecular weight excluding hydrogens is 474 g/mol. The molecule has 2 aromatic carbocycles. The number of carbonyl (C=O) groups excluding carboxylic acids is 1. The minimum Gasteiger partial charge on any atom is -0.463 e. The van der Waals surface area contributed by atoms with Gasteiger partial charge in [-0.1, -0.05) is 56.5 Å². The van der Waals surface area contributed by atoms with E-state index >= 15 is 0 Å². The molecule has 0 spiro atoms. The highest BCUT2D eigenvalue weighted by atomic mass is 35.5. The minimum absolute atomic E-state index is 0.0482. The zero-order valence-corrected chi connectivity index (χ0v) is 21.5. The highest BCUT2D eigenvalue weighted by Gasteiger charge is 2.41. The maximum absolute atomic E-state index is 13.7. The van der Waals surface area contributed by atoms with Gasteiger partial charge < -0.3 is 14.4 Å². The molecule has 2 aromatic rings. The van der Waals surface area contributed by atoms with Crippen LogP contribution in [0.1, 0.15) is 46.5 Å². The molecule has 0 N–H and O–H groups in total. The van der Waals surface area contributed by atoms with Crippen molar-refractivity contribution in [2.75, 3.05) is 23.8 Å². The largest absolute Gasteiger partial charge is 0.463 e. The maximum Gasteiger partial charge on any atom is 0.333 e. The predicted octanol–water partition coefficient (Wildman–Crippen LogP) is 6.31. The van der Waals surface area contributed by atoms with E-state index in [1.54, 1.807) is 13.0 Å². The van der Waals surface area contributed by atoms with Crippen LogP contribution in [-0.4, -0.2) is 33.3 Å². The van der Waals surface area contributed by atoms with Crippen molar-refractivity contribution in [2.24, 2.45) is 5.41 Å². The predicted molar refractivity (Wildman–Crippen MR) is 136 cm³/mol. The summed E-state index contributed by atoms with van der Waals surface area (Å²) in [7, 11) is -3.65. The van der Waals surface area contributed by atoms with Crippen molar-refractivity contribution in [3.05, 3.63) is 59.8 Å². The van der Waals surface area contributed by atoms with Crippen LogP contribution in [-0.2, 0) is 19.4 Å². The number of unbranched alkanes of at least 4 members (excludes halogenated alkanes) is 1. The van der Waals surface area contributed by atoms with Crippen LogP contribution in [0.4, 0.5) is 11.4 Å². The zero-order chi connectivity index (χ0) is 24.8. The Morgan fingerprint density at radius 1 is 1.18 bits per heavy atom. The molecule has 0 saturated heterocycles. The van der Waals surface area contributed by atoms with Gasteiger partial charge in [0, 0.05) is 23.7 Å². The number of halogens is 1. The highest BCUT2D eigenvalue weighted by Crippen LogP contribution is 2.46. The normalized spacial score (nSPS) is 19.5. The summed E-state index contributed by atoms with van der Waals surface area (Å²) in [6, 6.07) is 12.9. The Morgan fingerprint density at radius 2 is 1.91 bits per heavy atom. The average Bonchev–Trinajstić information content (AvgIpc) is 2.91. The van der Waals surface area contributed by atoms with Crippen molar-refractivity contribution in [1.29, 1.82) is 0 Å². The molecule has 6 nitrogen and oxygen atoms in total. The first-order valence-electron chi connectivity index (χ1n) is 11.6. The second kappa shape index (κ2) is 11.3. The molecule has 0 amide bonds. The van der Waals surface area contributed by atoms with Crippen molar-refractivity contribution in [2.45, 2.75) is 51.3 Å². The van der Waals surface area contributed by atoms with E-state index in [0.29, 0.717) is 12.2 Å². The Morgan fingerprint density at radius 3 is 2.56 bits per heavy atom. The number of sulfone groups is 1. The van der Waals surface area contributed by atoms with Crippen LogP contribution in [0.3, 0.4) is 0 Å². The molecule has 8 heteroatoms. The van der Waals surface area contributed by atoms with Gasteiger partial charge in [-0.25, -0.2) is 13.2 Å². The van der Waals surface area contributed by atoms with E-state index in [1.165, 1.54) is 6.07 Å². The SMILES string of the molecule is CCCCC1(CC)CN(c2ccccc2)c2cc(Cl)c(O/C=C/C(=O)OCC)cc2S(=O)(=O)C1.